The normalized spacial score (nSPS) is 12.6. The molecule has 5 heteroatoms. The van der Waals surface area contributed by atoms with Gasteiger partial charge in [-0.1, -0.05) is 20.8 Å². The van der Waals surface area contributed by atoms with Crippen molar-refractivity contribution >= 4 is 11.8 Å². The van der Waals surface area contributed by atoms with Crippen molar-refractivity contribution in [3.63, 3.8) is 0 Å². The van der Waals surface area contributed by atoms with E-state index in [1.54, 1.807) is 4.68 Å². The van der Waals surface area contributed by atoms with Crippen LogP contribution in [0.2, 0.25) is 0 Å². The minimum Gasteiger partial charge on any atom is -0.464 e. The number of anilines is 1. The first-order valence-electron chi connectivity index (χ1n) is 6.43. The number of carbonyl (C=O) groups excluding carboxylic acids is 1. The summed E-state index contributed by atoms with van der Waals surface area (Å²) in [7, 11) is 1.36. The van der Waals surface area contributed by atoms with E-state index in [1.807, 2.05) is 20.8 Å². The Morgan fingerprint density at radius 3 is 2.16 bits per heavy atom. The van der Waals surface area contributed by atoms with Gasteiger partial charge in [-0.25, -0.2) is 9.48 Å². The van der Waals surface area contributed by atoms with Crippen LogP contribution in [0, 0.1) is 5.41 Å². The van der Waals surface area contributed by atoms with E-state index in [2.05, 4.69) is 25.9 Å². The van der Waals surface area contributed by atoms with Gasteiger partial charge in [0.1, 0.15) is 5.82 Å². The van der Waals surface area contributed by atoms with Crippen LogP contribution in [-0.2, 0) is 16.7 Å². The van der Waals surface area contributed by atoms with Gasteiger partial charge in [0.25, 0.3) is 0 Å². The highest BCUT2D eigenvalue weighted by Crippen LogP contribution is 2.30. The summed E-state index contributed by atoms with van der Waals surface area (Å²) in [5, 5.41) is 4.35. The average Bonchev–Trinajstić information content (AvgIpc) is 2.53. The molecule has 1 rings (SSSR count). The number of hydrogen-bond acceptors (Lipinski definition) is 4. The van der Waals surface area contributed by atoms with Gasteiger partial charge in [0.15, 0.2) is 5.69 Å². The molecule has 0 bridgehead atoms. The van der Waals surface area contributed by atoms with Crippen LogP contribution in [-0.4, -0.2) is 22.9 Å². The number of esters is 1. The summed E-state index contributed by atoms with van der Waals surface area (Å²) < 4.78 is 6.50. The topological polar surface area (TPSA) is 70.1 Å². The molecule has 0 saturated carbocycles. The number of aromatic nitrogens is 2. The van der Waals surface area contributed by atoms with E-state index in [0.29, 0.717) is 17.9 Å². The summed E-state index contributed by atoms with van der Waals surface area (Å²) in [6, 6.07) is 0. The number of hydrogen-bond donors (Lipinski definition) is 1. The Bertz CT molecular complexity index is 476. The molecule has 0 aliphatic heterocycles. The molecular weight excluding hydrogens is 242 g/mol. The highest BCUT2D eigenvalue weighted by Gasteiger charge is 2.29. The Kier molecular flexibility index (Phi) is 3.98. The second-order valence-electron chi connectivity index (χ2n) is 7.02. The van der Waals surface area contributed by atoms with Crippen molar-refractivity contribution in [1.82, 2.24) is 9.78 Å². The van der Waals surface area contributed by atoms with Crippen LogP contribution < -0.4 is 5.73 Å². The highest BCUT2D eigenvalue weighted by molar-refractivity contribution is 5.90. The zero-order chi connectivity index (χ0) is 15.0. The third-order valence-corrected chi connectivity index (χ3v) is 2.74. The van der Waals surface area contributed by atoms with Gasteiger partial charge in [0, 0.05) is 5.56 Å². The second-order valence-corrected chi connectivity index (χ2v) is 7.02. The lowest BCUT2D eigenvalue weighted by Crippen LogP contribution is -2.25. The van der Waals surface area contributed by atoms with Crippen molar-refractivity contribution in [2.24, 2.45) is 5.41 Å². The zero-order valence-electron chi connectivity index (χ0n) is 13.0. The molecule has 0 atom stereocenters. The van der Waals surface area contributed by atoms with Crippen LogP contribution in [0.15, 0.2) is 0 Å². The number of nitrogens with two attached hydrogens (primary N) is 1. The monoisotopic (exact) mass is 267 g/mol. The van der Waals surface area contributed by atoms with Crippen molar-refractivity contribution < 1.29 is 9.53 Å². The molecule has 0 fully saturated rings. The number of rotatable bonds is 2. The van der Waals surface area contributed by atoms with Crippen molar-refractivity contribution in [2.75, 3.05) is 12.8 Å². The van der Waals surface area contributed by atoms with Crippen LogP contribution in [0.4, 0.5) is 5.82 Å². The van der Waals surface area contributed by atoms with Gasteiger partial charge < -0.3 is 10.5 Å². The predicted octanol–water partition coefficient (Wildman–Crippen LogP) is 2.60. The quantitative estimate of drug-likeness (QED) is 0.836. The Morgan fingerprint density at radius 2 is 1.79 bits per heavy atom. The maximum atomic E-state index is 11.9. The van der Waals surface area contributed by atoms with Gasteiger partial charge >= 0.3 is 5.97 Å². The first-order valence-corrected chi connectivity index (χ1v) is 6.43. The van der Waals surface area contributed by atoms with Gasteiger partial charge in [-0.3, -0.25) is 0 Å². The van der Waals surface area contributed by atoms with E-state index in [0.717, 1.165) is 5.56 Å². The first kappa shape index (κ1) is 15.5. The Labute approximate surface area is 115 Å². The SMILES string of the molecule is COC(=O)c1nn(C(C)(C)C)c(N)c1CC(C)(C)C. The minimum absolute atomic E-state index is 0.0165. The van der Waals surface area contributed by atoms with Gasteiger partial charge in [0.2, 0.25) is 0 Å². The van der Waals surface area contributed by atoms with Crippen LogP contribution in [0.25, 0.3) is 0 Å². The molecule has 0 radical (unpaired) electrons. The van der Waals surface area contributed by atoms with Crippen LogP contribution >= 0.6 is 0 Å². The molecule has 0 spiro atoms. The van der Waals surface area contributed by atoms with E-state index < -0.39 is 5.97 Å². The third kappa shape index (κ3) is 3.49. The molecule has 19 heavy (non-hydrogen) atoms. The number of ether oxygens (including phenoxy) is 1. The third-order valence-electron chi connectivity index (χ3n) is 2.74. The summed E-state index contributed by atoms with van der Waals surface area (Å²) in [5.41, 5.74) is 7.02. The second kappa shape index (κ2) is 4.87. The van der Waals surface area contributed by atoms with E-state index in [9.17, 15) is 4.79 Å². The lowest BCUT2D eigenvalue weighted by Gasteiger charge is -2.22. The van der Waals surface area contributed by atoms with Crippen molar-refractivity contribution in [1.29, 1.82) is 0 Å². The molecule has 2 N–H and O–H groups in total. The largest absolute Gasteiger partial charge is 0.464 e. The molecule has 1 heterocycles. The first-order chi connectivity index (χ1) is 8.47. The molecule has 0 aliphatic carbocycles. The van der Waals surface area contributed by atoms with Gasteiger partial charge in [-0.05, 0) is 32.6 Å². The molecule has 108 valence electrons. The standard InChI is InChI=1S/C14H25N3O2/c1-13(2,3)8-9-10(12(18)19-7)16-17(11(9)15)14(4,5)6/h8,15H2,1-7H3. The number of nitrogens with zero attached hydrogens (tertiary/aromatic N) is 2. The fraction of sp³-hybridized carbons (Fsp3) is 0.714. The van der Waals surface area contributed by atoms with Gasteiger partial charge in [0.05, 0.1) is 12.6 Å². The van der Waals surface area contributed by atoms with Crippen molar-refractivity contribution in [3.05, 3.63) is 11.3 Å². The van der Waals surface area contributed by atoms with Gasteiger partial charge in [-0.2, -0.15) is 5.10 Å². The Balaban J connectivity index is 3.41. The fourth-order valence-corrected chi connectivity index (χ4v) is 1.94. The van der Waals surface area contributed by atoms with Gasteiger partial charge in [-0.15, -0.1) is 0 Å². The molecule has 0 unspecified atom stereocenters. The van der Waals surface area contributed by atoms with Crippen molar-refractivity contribution in [2.45, 2.75) is 53.5 Å². The maximum Gasteiger partial charge on any atom is 0.358 e. The van der Waals surface area contributed by atoms with Crippen LogP contribution in [0.3, 0.4) is 0 Å². The van der Waals surface area contributed by atoms with E-state index in [-0.39, 0.29) is 11.0 Å². The molecule has 1 aromatic heterocycles. The van der Waals surface area contributed by atoms with E-state index in [4.69, 9.17) is 10.5 Å². The number of carbonyl (C=O) groups is 1. The fourth-order valence-electron chi connectivity index (χ4n) is 1.94. The van der Waals surface area contributed by atoms with Crippen molar-refractivity contribution in [3.8, 4) is 0 Å². The summed E-state index contributed by atoms with van der Waals surface area (Å²) >= 11 is 0. The number of methoxy groups -OCH3 is 1. The zero-order valence-corrected chi connectivity index (χ0v) is 13.0. The number of nitrogen functional groups attached to an aromatic ring is 1. The Hall–Kier alpha value is -1.52. The Morgan fingerprint density at radius 1 is 1.26 bits per heavy atom. The molecule has 0 amide bonds. The van der Waals surface area contributed by atoms with Crippen LogP contribution in [0.5, 0.6) is 0 Å². The molecule has 5 nitrogen and oxygen atoms in total. The lowest BCUT2D eigenvalue weighted by molar-refractivity contribution is 0.0590. The summed E-state index contributed by atoms with van der Waals surface area (Å²) in [6.45, 7) is 12.3. The molecule has 0 saturated heterocycles. The molecule has 1 aromatic rings. The summed E-state index contributed by atoms with van der Waals surface area (Å²) in [5.74, 6) is 0.108. The predicted molar refractivity (Wildman–Crippen MR) is 76.1 cm³/mol. The minimum atomic E-state index is -0.436. The molecule has 0 aliphatic rings. The van der Waals surface area contributed by atoms with E-state index in [1.165, 1.54) is 7.11 Å². The van der Waals surface area contributed by atoms with E-state index >= 15 is 0 Å². The molecule has 0 aromatic carbocycles. The highest BCUT2D eigenvalue weighted by atomic mass is 16.5. The maximum absolute atomic E-state index is 11.9. The summed E-state index contributed by atoms with van der Waals surface area (Å²) in [4.78, 5) is 11.9. The lowest BCUT2D eigenvalue weighted by atomic mass is 9.88. The summed E-state index contributed by atoms with van der Waals surface area (Å²) in [6.07, 6.45) is 0.680. The average molecular weight is 267 g/mol. The van der Waals surface area contributed by atoms with Crippen LogP contribution in [0.1, 0.15) is 57.6 Å². The molecular formula is C14H25N3O2. The smallest absolute Gasteiger partial charge is 0.358 e.